The average molecular weight is 253 g/mol. The van der Waals surface area contributed by atoms with Crippen molar-refractivity contribution in [2.24, 2.45) is 0 Å². The molecule has 88 valence electrons. The molecule has 6 heteroatoms. The number of hydrogen-bond donors (Lipinski definition) is 0. The van der Waals surface area contributed by atoms with Gasteiger partial charge in [-0.25, -0.2) is 0 Å². The number of alkyl halides is 3. The summed E-state index contributed by atoms with van der Waals surface area (Å²) < 4.78 is 39.6. The van der Waals surface area contributed by atoms with Crippen LogP contribution in [0.2, 0.25) is 0 Å². The van der Waals surface area contributed by atoms with E-state index in [4.69, 9.17) is 11.6 Å². The van der Waals surface area contributed by atoms with Crippen molar-refractivity contribution in [1.29, 1.82) is 0 Å². The highest BCUT2D eigenvalue weighted by molar-refractivity contribution is 6.67. The Morgan fingerprint density at radius 2 is 2.00 bits per heavy atom. The second kappa shape index (κ2) is 4.74. The molecule has 16 heavy (non-hydrogen) atoms. The topological polar surface area (TPSA) is 26.3 Å². The summed E-state index contributed by atoms with van der Waals surface area (Å²) in [5.41, 5.74) is 0.533. The minimum Gasteiger partial charge on any atom is -0.406 e. The quantitative estimate of drug-likeness (QED) is 0.770. The van der Waals surface area contributed by atoms with Gasteiger partial charge in [0.1, 0.15) is 5.75 Å². The Morgan fingerprint density at radius 1 is 1.38 bits per heavy atom. The summed E-state index contributed by atoms with van der Waals surface area (Å²) in [7, 11) is 0. The van der Waals surface area contributed by atoms with Crippen molar-refractivity contribution < 1.29 is 22.7 Å². The van der Waals surface area contributed by atoms with Crippen LogP contribution in [0.25, 0.3) is 0 Å². The Morgan fingerprint density at radius 3 is 2.44 bits per heavy atom. The van der Waals surface area contributed by atoms with Crippen molar-refractivity contribution in [2.45, 2.75) is 19.7 Å². The lowest BCUT2D eigenvalue weighted by atomic mass is 10.1. The molecule has 0 unspecified atom stereocenters. The molecule has 0 spiro atoms. The number of hydrogen-bond acceptors (Lipinski definition) is 2. The minimum atomic E-state index is -4.78. The van der Waals surface area contributed by atoms with Crippen LogP contribution in [-0.2, 0) is 6.42 Å². The number of rotatable bonds is 3. The first-order valence-corrected chi connectivity index (χ1v) is 4.79. The Bertz CT molecular complexity index is 402. The van der Waals surface area contributed by atoms with E-state index >= 15 is 0 Å². The minimum absolute atomic E-state index is 0.0136. The van der Waals surface area contributed by atoms with Crippen LogP contribution in [0.3, 0.4) is 0 Å². The van der Waals surface area contributed by atoms with Gasteiger partial charge in [0, 0.05) is 5.56 Å². The van der Waals surface area contributed by atoms with E-state index in [2.05, 4.69) is 4.74 Å². The normalized spacial score (nSPS) is 11.3. The van der Waals surface area contributed by atoms with Crippen LogP contribution in [0.1, 0.15) is 22.8 Å². The van der Waals surface area contributed by atoms with E-state index in [-0.39, 0.29) is 5.56 Å². The SMILES string of the molecule is CCc1cc(OC(F)(F)F)cc(C(=O)Cl)c1. The molecule has 0 saturated heterocycles. The van der Waals surface area contributed by atoms with Crippen LogP contribution in [0.5, 0.6) is 5.75 Å². The Hall–Kier alpha value is -1.23. The summed E-state index contributed by atoms with van der Waals surface area (Å²) in [5, 5.41) is -0.817. The number of aryl methyl sites for hydroxylation is 1. The molecule has 0 bridgehead atoms. The van der Waals surface area contributed by atoms with Gasteiger partial charge in [-0.05, 0) is 41.8 Å². The lowest BCUT2D eigenvalue weighted by Crippen LogP contribution is -2.17. The number of benzene rings is 1. The lowest BCUT2D eigenvalue weighted by Gasteiger charge is -2.10. The number of carbonyl (C=O) groups is 1. The zero-order chi connectivity index (χ0) is 12.3. The molecular formula is C10H8ClF3O2. The summed E-state index contributed by atoms with van der Waals surface area (Å²) in [6, 6.07) is 3.61. The van der Waals surface area contributed by atoms with E-state index in [1.54, 1.807) is 6.92 Å². The second-order valence-corrected chi connectivity index (χ2v) is 3.38. The summed E-state index contributed by atoms with van der Waals surface area (Å²) in [4.78, 5) is 10.9. The summed E-state index contributed by atoms with van der Waals surface area (Å²) in [5.74, 6) is -0.434. The van der Waals surface area contributed by atoms with Crippen molar-refractivity contribution in [2.75, 3.05) is 0 Å². The predicted molar refractivity (Wildman–Crippen MR) is 52.7 cm³/mol. The fraction of sp³-hybridized carbons (Fsp3) is 0.300. The molecule has 0 saturated carbocycles. The molecule has 0 atom stereocenters. The molecule has 0 radical (unpaired) electrons. The fourth-order valence-electron chi connectivity index (χ4n) is 1.17. The van der Waals surface area contributed by atoms with Gasteiger partial charge in [0.2, 0.25) is 0 Å². The highest BCUT2D eigenvalue weighted by atomic mass is 35.5. The number of ether oxygens (including phenoxy) is 1. The third-order valence-corrected chi connectivity index (χ3v) is 2.05. The van der Waals surface area contributed by atoms with Crippen molar-refractivity contribution in [3.05, 3.63) is 29.3 Å². The van der Waals surface area contributed by atoms with E-state index < -0.39 is 17.4 Å². The average Bonchev–Trinajstić information content (AvgIpc) is 2.14. The predicted octanol–water partition coefficient (Wildman–Crippen LogP) is 3.53. The van der Waals surface area contributed by atoms with Crippen LogP contribution in [0, 0.1) is 0 Å². The molecule has 0 aromatic heterocycles. The monoisotopic (exact) mass is 252 g/mol. The maximum absolute atomic E-state index is 12.0. The maximum Gasteiger partial charge on any atom is 0.573 e. The molecule has 2 nitrogen and oxygen atoms in total. The molecule has 0 N–H and O–H groups in total. The molecule has 0 amide bonds. The molecular weight excluding hydrogens is 245 g/mol. The van der Waals surface area contributed by atoms with Crippen LogP contribution in [0.4, 0.5) is 13.2 Å². The van der Waals surface area contributed by atoms with E-state index in [1.165, 1.54) is 12.1 Å². The molecule has 1 aromatic carbocycles. The van der Waals surface area contributed by atoms with E-state index in [0.29, 0.717) is 12.0 Å². The van der Waals surface area contributed by atoms with Gasteiger partial charge in [0.15, 0.2) is 0 Å². The molecule has 0 fully saturated rings. The molecule has 1 aromatic rings. The van der Waals surface area contributed by atoms with Crippen LogP contribution in [0.15, 0.2) is 18.2 Å². The zero-order valence-corrected chi connectivity index (χ0v) is 9.02. The number of carbonyl (C=O) groups excluding carboxylic acids is 1. The van der Waals surface area contributed by atoms with Gasteiger partial charge in [-0.2, -0.15) is 0 Å². The van der Waals surface area contributed by atoms with Gasteiger partial charge >= 0.3 is 6.36 Å². The van der Waals surface area contributed by atoms with Gasteiger partial charge in [-0.3, -0.25) is 4.79 Å². The van der Waals surface area contributed by atoms with Crippen molar-refractivity contribution >= 4 is 16.8 Å². The molecule has 0 aliphatic carbocycles. The van der Waals surface area contributed by atoms with Crippen LogP contribution >= 0.6 is 11.6 Å². The van der Waals surface area contributed by atoms with Gasteiger partial charge in [-0.15, -0.1) is 13.2 Å². The highest BCUT2D eigenvalue weighted by Crippen LogP contribution is 2.25. The van der Waals surface area contributed by atoms with Gasteiger partial charge in [-0.1, -0.05) is 6.92 Å². The first kappa shape index (κ1) is 12.8. The van der Waals surface area contributed by atoms with Crippen LogP contribution in [-0.4, -0.2) is 11.6 Å². The molecule has 0 heterocycles. The van der Waals surface area contributed by atoms with E-state index in [9.17, 15) is 18.0 Å². The van der Waals surface area contributed by atoms with Crippen molar-refractivity contribution in [3.63, 3.8) is 0 Å². The van der Waals surface area contributed by atoms with E-state index in [0.717, 1.165) is 6.07 Å². The second-order valence-electron chi connectivity index (χ2n) is 3.04. The van der Waals surface area contributed by atoms with Crippen molar-refractivity contribution in [1.82, 2.24) is 0 Å². The summed E-state index contributed by atoms with van der Waals surface area (Å²) in [6.07, 6.45) is -4.30. The molecule has 0 aliphatic heterocycles. The van der Waals surface area contributed by atoms with Gasteiger partial charge in [0.25, 0.3) is 5.24 Å². The fourth-order valence-corrected chi connectivity index (χ4v) is 1.28. The zero-order valence-electron chi connectivity index (χ0n) is 8.27. The van der Waals surface area contributed by atoms with Gasteiger partial charge in [0.05, 0.1) is 0 Å². The number of halogens is 4. The van der Waals surface area contributed by atoms with Crippen molar-refractivity contribution in [3.8, 4) is 5.75 Å². The smallest absolute Gasteiger partial charge is 0.406 e. The first-order chi connectivity index (χ1) is 7.31. The molecule has 0 aliphatic rings. The lowest BCUT2D eigenvalue weighted by molar-refractivity contribution is -0.274. The molecule has 1 rings (SSSR count). The Kier molecular flexibility index (Phi) is 3.80. The summed E-state index contributed by atoms with van der Waals surface area (Å²) in [6.45, 7) is 1.75. The third kappa shape index (κ3) is 3.73. The van der Waals surface area contributed by atoms with Crippen LogP contribution < -0.4 is 4.74 Å². The highest BCUT2D eigenvalue weighted by Gasteiger charge is 2.31. The Labute approximate surface area is 95.0 Å². The maximum atomic E-state index is 12.0. The first-order valence-electron chi connectivity index (χ1n) is 4.41. The standard InChI is InChI=1S/C10H8ClF3O2/c1-2-6-3-7(9(11)15)5-8(4-6)16-10(12,13)14/h3-5H,2H2,1H3. The third-order valence-electron chi connectivity index (χ3n) is 1.84. The van der Waals surface area contributed by atoms with E-state index in [1.807, 2.05) is 0 Å². The largest absolute Gasteiger partial charge is 0.573 e. The van der Waals surface area contributed by atoms with Gasteiger partial charge < -0.3 is 4.74 Å². The Balaban J connectivity index is 3.09. The summed E-state index contributed by atoms with van der Waals surface area (Å²) >= 11 is 5.20.